The number of hydrogen-bond donors (Lipinski definition) is 1. The predicted octanol–water partition coefficient (Wildman–Crippen LogP) is 2.82. The van der Waals surface area contributed by atoms with Gasteiger partial charge >= 0.3 is 0 Å². The van der Waals surface area contributed by atoms with Gasteiger partial charge in [0.1, 0.15) is 0 Å². The summed E-state index contributed by atoms with van der Waals surface area (Å²) in [6.45, 7) is 8.23. The van der Waals surface area contributed by atoms with Crippen LogP contribution in [0.1, 0.15) is 18.5 Å². The van der Waals surface area contributed by atoms with Crippen molar-refractivity contribution in [2.24, 2.45) is 0 Å². The molecule has 0 aliphatic carbocycles. The fourth-order valence-electron chi connectivity index (χ4n) is 2.86. The number of rotatable bonds is 5. The highest BCUT2D eigenvalue weighted by molar-refractivity contribution is 5.83. The lowest BCUT2D eigenvalue weighted by molar-refractivity contribution is 0.0382. The molecule has 0 bridgehead atoms. The molecular formula is C18H24N2O. The Morgan fingerprint density at radius 3 is 2.67 bits per heavy atom. The van der Waals surface area contributed by atoms with E-state index in [4.69, 9.17) is 4.74 Å². The molecule has 1 atom stereocenters. The SMILES string of the molecule is C[C@@H](NCCN1CCOCC1)c1ccc2ccccc2c1. The van der Waals surface area contributed by atoms with Crippen LogP contribution in [0, 0.1) is 0 Å². The van der Waals surface area contributed by atoms with E-state index in [1.807, 2.05) is 0 Å². The van der Waals surface area contributed by atoms with Gasteiger partial charge in [0.05, 0.1) is 13.2 Å². The second kappa shape index (κ2) is 7.03. The fourth-order valence-corrected chi connectivity index (χ4v) is 2.86. The molecule has 3 heteroatoms. The van der Waals surface area contributed by atoms with Crippen molar-refractivity contribution in [2.45, 2.75) is 13.0 Å². The van der Waals surface area contributed by atoms with Gasteiger partial charge in [0.2, 0.25) is 0 Å². The van der Waals surface area contributed by atoms with Crippen molar-refractivity contribution < 1.29 is 4.74 Å². The Kier molecular flexibility index (Phi) is 4.86. The van der Waals surface area contributed by atoms with Gasteiger partial charge in [-0.25, -0.2) is 0 Å². The summed E-state index contributed by atoms with van der Waals surface area (Å²) in [6, 6.07) is 15.7. The normalized spacial score (nSPS) is 18.0. The molecule has 1 fully saturated rings. The molecule has 2 aromatic carbocycles. The summed E-state index contributed by atoms with van der Waals surface area (Å²) in [5, 5.41) is 6.25. The Balaban J connectivity index is 1.54. The van der Waals surface area contributed by atoms with Gasteiger partial charge < -0.3 is 10.1 Å². The molecule has 1 N–H and O–H groups in total. The summed E-state index contributed by atoms with van der Waals surface area (Å²) < 4.78 is 5.38. The van der Waals surface area contributed by atoms with Crippen molar-refractivity contribution in [1.29, 1.82) is 0 Å². The molecule has 0 aromatic heterocycles. The molecular weight excluding hydrogens is 260 g/mol. The van der Waals surface area contributed by atoms with Crippen molar-refractivity contribution in [1.82, 2.24) is 10.2 Å². The number of hydrogen-bond acceptors (Lipinski definition) is 3. The van der Waals surface area contributed by atoms with Crippen LogP contribution < -0.4 is 5.32 Å². The monoisotopic (exact) mass is 284 g/mol. The molecule has 1 saturated heterocycles. The fraction of sp³-hybridized carbons (Fsp3) is 0.444. The first-order valence-electron chi connectivity index (χ1n) is 7.85. The van der Waals surface area contributed by atoms with E-state index < -0.39 is 0 Å². The maximum atomic E-state index is 5.38. The van der Waals surface area contributed by atoms with E-state index in [2.05, 4.69) is 59.6 Å². The molecule has 3 nitrogen and oxygen atoms in total. The third-order valence-electron chi connectivity index (χ3n) is 4.26. The number of benzene rings is 2. The van der Waals surface area contributed by atoms with Crippen molar-refractivity contribution in [3.63, 3.8) is 0 Å². The first-order valence-corrected chi connectivity index (χ1v) is 7.85. The number of morpholine rings is 1. The topological polar surface area (TPSA) is 24.5 Å². The molecule has 0 amide bonds. The zero-order valence-corrected chi connectivity index (χ0v) is 12.7. The average Bonchev–Trinajstić information content (AvgIpc) is 2.55. The minimum atomic E-state index is 0.385. The molecule has 0 spiro atoms. The van der Waals surface area contributed by atoms with Crippen LogP contribution in [0.4, 0.5) is 0 Å². The molecule has 1 aliphatic rings. The lowest BCUT2D eigenvalue weighted by Gasteiger charge is -2.27. The summed E-state index contributed by atoms with van der Waals surface area (Å²) in [6.07, 6.45) is 0. The van der Waals surface area contributed by atoms with E-state index in [9.17, 15) is 0 Å². The Labute approximate surface area is 126 Å². The van der Waals surface area contributed by atoms with Gasteiger partial charge in [0.25, 0.3) is 0 Å². The van der Waals surface area contributed by atoms with E-state index in [-0.39, 0.29) is 0 Å². The molecule has 1 aliphatic heterocycles. The molecule has 2 aromatic rings. The quantitative estimate of drug-likeness (QED) is 0.914. The molecule has 3 rings (SSSR count). The van der Waals surface area contributed by atoms with Gasteiger partial charge in [-0.3, -0.25) is 4.90 Å². The van der Waals surface area contributed by atoms with Crippen LogP contribution in [-0.4, -0.2) is 44.3 Å². The largest absolute Gasteiger partial charge is 0.379 e. The van der Waals surface area contributed by atoms with Gasteiger partial charge in [-0.05, 0) is 29.3 Å². The van der Waals surface area contributed by atoms with Gasteiger partial charge in [-0.1, -0.05) is 36.4 Å². The highest BCUT2D eigenvalue weighted by atomic mass is 16.5. The van der Waals surface area contributed by atoms with Gasteiger partial charge in [-0.15, -0.1) is 0 Å². The van der Waals surface area contributed by atoms with Gasteiger partial charge in [0.15, 0.2) is 0 Å². The highest BCUT2D eigenvalue weighted by Crippen LogP contribution is 2.20. The standard InChI is InChI=1S/C18H24N2O/c1-15(19-8-9-20-10-12-21-13-11-20)17-7-6-16-4-2-3-5-18(16)14-17/h2-7,14-15,19H,8-13H2,1H3/t15-/m1/s1. The predicted molar refractivity (Wildman–Crippen MR) is 87.6 cm³/mol. The summed E-state index contributed by atoms with van der Waals surface area (Å²) in [5.74, 6) is 0. The summed E-state index contributed by atoms with van der Waals surface area (Å²) in [5.41, 5.74) is 1.36. The average molecular weight is 284 g/mol. The second-order valence-electron chi connectivity index (χ2n) is 5.74. The van der Waals surface area contributed by atoms with Crippen LogP contribution in [0.15, 0.2) is 42.5 Å². The minimum absolute atomic E-state index is 0.385. The number of nitrogens with zero attached hydrogens (tertiary/aromatic N) is 1. The van der Waals surface area contributed by atoms with Crippen LogP contribution in [0.25, 0.3) is 10.8 Å². The molecule has 21 heavy (non-hydrogen) atoms. The van der Waals surface area contributed by atoms with Gasteiger partial charge in [-0.2, -0.15) is 0 Å². The van der Waals surface area contributed by atoms with Crippen molar-refractivity contribution in [2.75, 3.05) is 39.4 Å². The summed E-state index contributed by atoms with van der Waals surface area (Å²) in [4.78, 5) is 2.46. The van der Waals surface area contributed by atoms with Crippen molar-refractivity contribution >= 4 is 10.8 Å². The van der Waals surface area contributed by atoms with Crippen LogP contribution in [-0.2, 0) is 4.74 Å². The maximum absolute atomic E-state index is 5.38. The van der Waals surface area contributed by atoms with Crippen LogP contribution in [0.5, 0.6) is 0 Å². The third kappa shape index (κ3) is 3.82. The van der Waals surface area contributed by atoms with E-state index in [1.54, 1.807) is 0 Å². The maximum Gasteiger partial charge on any atom is 0.0594 e. The van der Waals surface area contributed by atoms with E-state index >= 15 is 0 Å². The summed E-state index contributed by atoms with van der Waals surface area (Å²) >= 11 is 0. The lowest BCUT2D eigenvalue weighted by atomic mass is 10.0. The minimum Gasteiger partial charge on any atom is -0.379 e. The smallest absolute Gasteiger partial charge is 0.0594 e. The zero-order valence-electron chi connectivity index (χ0n) is 12.7. The zero-order chi connectivity index (χ0) is 14.5. The van der Waals surface area contributed by atoms with Crippen molar-refractivity contribution in [3.05, 3.63) is 48.0 Å². The van der Waals surface area contributed by atoms with Crippen LogP contribution in [0.3, 0.4) is 0 Å². The second-order valence-corrected chi connectivity index (χ2v) is 5.74. The van der Waals surface area contributed by atoms with E-state index in [0.29, 0.717) is 6.04 Å². The Hall–Kier alpha value is -1.42. The number of nitrogens with one attached hydrogen (secondary N) is 1. The van der Waals surface area contributed by atoms with Crippen LogP contribution >= 0.6 is 0 Å². The summed E-state index contributed by atoms with van der Waals surface area (Å²) in [7, 11) is 0. The highest BCUT2D eigenvalue weighted by Gasteiger charge is 2.10. The Morgan fingerprint density at radius 2 is 1.86 bits per heavy atom. The van der Waals surface area contributed by atoms with E-state index in [1.165, 1.54) is 16.3 Å². The van der Waals surface area contributed by atoms with Crippen LogP contribution in [0.2, 0.25) is 0 Å². The lowest BCUT2D eigenvalue weighted by Crippen LogP contribution is -2.40. The van der Waals surface area contributed by atoms with Crippen molar-refractivity contribution in [3.8, 4) is 0 Å². The molecule has 0 radical (unpaired) electrons. The Bertz CT molecular complexity index is 578. The molecule has 112 valence electrons. The molecule has 0 unspecified atom stereocenters. The number of fused-ring (bicyclic) bond motifs is 1. The van der Waals surface area contributed by atoms with E-state index in [0.717, 1.165) is 39.4 Å². The number of ether oxygens (including phenoxy) is 1. The third-order valence-corrected chi connectivity index (χ3v) is 4.26. The molecule has 0 saturated carbocycles. The van der Waals surface area contributed by atoms with Gasteiger partial charge in [0, 0.05) is 32.2 Å². The Morgan fingerprint density at radius 1 is 1.10 bits per heavy atom. The first kappa shape index (κ1) is 14.5. The first-order chi connectivity index (χ1) is 10.3. The molecule has 1 heterocycles.